The lowest BCUT2D eigenvalue weighted by Crippen LogP contribution is -2.22. The SMILES string of the molecule is CCCc1cc(OC(F)F)n(C2=C(C(F)(F)F)[N]N=C2OC(F)F)n1. The van der Waals surface area contributed by atoms with E-state index in [0.29, 0.717) is 6.42 Å². The van der Waals surface area contributed by atoms with Crippen molar-refractivity contribution in [3.05, 3.63) is 17.5 Å². The zero-order chi connectivity index (χ0) is 18.8. The van der Waals surface area contributed by atoms with Gasteiger partial charge in [-0.1, -0.05) is 13.3 Å². The van der Waals surface area contributed by atoms with Crippen molar-refractivity contribution >= 4 is 11.6 Å². The normalized spacial score (nSPS) is 15.0. The average Bonchev–Trinajstić information content (AvgIpc) is 3.01. The maximum absolute atomic E-state index is 13.1. The molecular weight excluding hydrogens is 365 g/mol. The predicted octanol–water partition coefficient (Wildman–Crippen LogP) is 3.34. The van der Waals surface area contributed by atoms with Gasteiger partial charge >= 0.3 is 19.4 Å². The van der Waals surface area contributed by atoms with Crippen molar-refractivity contribution in [2.75, 3.05) is 0 Å². The van der Waals surface area contributed by atoms with Gasteiger partial charge in [-0.25, -0.2) is 0 Å². The molecule has 0 saturated carbocycles. The summed E-state index contributed by atoms with van der Waals surface area (Å²) in [7, 11) is 0. The van der Waals surface area contributed by atoms with Crippen LogP contribution in [-0.2, 0) is 11.2 Å². The summed E-state index contributed by atoms with van der Waals surface area (Å²) in [4.78, 5) is 0. The molecule has 1 aliphatic heterocycles. The van der Waals surface area contributed by atoms with Crippen LogP contribution in [0.5, 0.6) is 5.88 Å². The molecule has 0 saturated heterocycles. The van der Waals surface area contributed by atoms with E-state index in [4.69, 9.17) is 0 Å². The van der Waals surface area contributed by atoms with E-state index in [1.54, 1.807) is 6.92 Å². The van der Waals surface area contributed by atoms with Crippen molar-refractivity contribution in [2.24, 2.45) is 5.10 Å². The molecule has 0 fully saturated rings. The summed E-state index contributed by atoms with van der Waals surface area (Å²) in [6.07, 6.45) is -4.40. The second kappa shape index (κ2) is 7.19. The predicted molar refractivity (Wildman–Crippen MR) is 68.8 cm³/mol. The Labute approximate surface area is 135 Å². The van der Waals surface area contributed by atoms with Crippen LogP contribution in [0.15, 0.2) is 16.9 Å². The first-order valence-corrected chi connectivity index (χ1v) is 6.73. The topological polar surface area (TPSA) is 62.7 Å². The Morgan fingerprint density at radius 1 is 1.12 bits per heavy atom. The van der Waals surface area contributed by atoms with Gasteiger partial charge in [0.05, 0.1) is 5.69 Å². The number of alkyl halides is 7. The molecule has 0 N–H and O–H groups in total. The van der Waals surface area contributed by atoms with E-state index in [1.165, 1.54) is 0 Å². The molecule has 0 unspecified atom stereocenters. The lowest BCUT2D eigenvalue weighted by Gasteiger charge is -2.13. The summed E-state index contributed by atoms with van der Waals surface area (Å²) >= 11 is 0. The van der Waals surface area contributed by atoms with Gasteiger partial charge in [0.15, 0.2) is 11.4 Å². The minimum atomic E-state index is -5.12. The van der Waals surface area contributed by atoms with Crippen LogP contribution in [0.1, 0.15) is 19.0 Å². The first-order chi connectivity index (χ1) is 11.6. The number of hydrogen-bond donors (Lipinski definition) is 0. The number of halogens is 7. The van der Waals surface area contributed by atoms with Crippen LogP contribution in [0.25, 0.3) is 5.70 Å². The van der Waals surface area contributed by atoms with Crippen molar-refractivity contribution in [1.82, 2.24) is 15.2 Å². The smallest absolute Gasteiger partial charge is 0.417 e. The first kappa shape index (κ1) is 18.9. The van der Waals surface area contributed by atoms with Gasteiger partial charge in [-0.15, -0.1) is 10.5 Å². The molecule has 13 heteroatoms. The molecule has 0 bridgehead atoms. The third kappa shape index (κ3) is 4.33. The molecule has 6 nitrogen and oxygen atoms in total. The second-order valence-corrected chi connectivity index (χ2v) is 4.59. The van der Waals surface area contributed by atoms with Crippen LogP contribution >= 0.6 is 0 Å². The van der Waals surface area contributed by atoms with Crippen molar-refractivity contribution < 1.29 is 40.2 Å². The monoisotopic (exact) mass is 375 g/mol. The van der Waals surface area contributed by atoms with Crippen LogP contribution in [0, 0.1) is 0 Å². The van der Waals surface area contributed by atoms with Gasteiger partial charge in [0, 0.05) is 6.07 Å². The van der Waals surface area contributed by atoms with Gasteiger partial charge in [0.25, 0.3) is 5.90 Å². The lowest BCUT2D eigenvalue weighted by atomic mass is 10.2. The van der Waals surface area contributed by atoms with Crippen molar-refractivity contribution in [3.8, 4) is 5.88 Å². The van der Waals surface area contributed by atoms with Crippen LogP contribution in [0.3, 0.4) is 0 Å². The molecule has 1 radical (unpaired) electrons. The Morgan fingerprint density at radius 3 is 2.28 bits per heavy atom. The summed E-state index contributed by atoms with van der Waals surface area (Å²) in [6.45, 7) is -5.18. The number of ether oxygens (including phenoxy) is 2. The van der Waals surface area contributed by atoms with Gasteiger partial charge in [-0.3, -0.25) is 0 Å². The highest BCUT2D eigenvalue weighted by Gasteiger charge is 2.45. The molecule has 0 aromatic carbocycles. The summed E-state index contributed by atoms with van der Waals surface area (Å²) in [6, 6.07) is 0.967. The molecule has 1 aromatic heterocycles. The first-order valence-electron chi connectivity index (χ1n) is 6.73. The zero-order valence-corrected chi connectivity index (χ0v) is 12.4. The minimum Gasteiger partial charge on any atom is -0.417 e. The highest BCUT2D eigenvalue weighted by atomic mass is 19.4. The molecule has 139 valence electrons. The van der Waals surface area contributed by atoms with Crippen LogP contribution in [0.2, 0.25) is 0 Å². The highest BCUT2D eigenvalue weighted by Crippen LogP contribution is 2.35. The average molecular weight is 375 g/mol. The van der Waals surface area contributed by atoms with E-state index in [1.807, 2.05) is 0 Å². The molecule has 0 spiro atoms. The van der Waals surface area contributed by atoms with Gasteiger partial charge in [-0.05, 0) is 6.42 Å². The Morgan fingerprint density at radius 2 is 1.76 bits per heavy atom. The van der Waals surface area contributed by atoms with Crippen LogP contribution in [-0.4, -0.2) is 35.1 Å². The number of nitrogens with zero attached hydrogens (tertiary/aromatic N) is 4. The van der Waals surface area contributed by atoms with E-state index < -0.39 is 42.6 Å². The summed E-state index contributed by atoms with van der Waals surface area (Å²) in [5.41, 5.74) is -0.0276. The fraction of sp³-hybridized carbons (Fsp3) is 0.500. The van der Waals surface area contributed by atoms with Crippen molar-refractivity contribution in [2.45, 2.75) is 39.2 Å². The van der Waals surface area contributed by atoms with Gasteiger partial charge in [-0.2, -0.15) is 40.5 Å². The van der Waals surface area contributed by atoms with E-state index in [0.717, 1.165) is 6.07 Å². The number of aryl methyl sites for hydroxylation is 1. The minimum absolute atomic E-state index is 0.107. The summed E-state index contributed by atoms with van der Waals surface area (Å²) in [5.74, 6) is -2.01. The Balaban J connectivity index is 2.58. The summed E-state index contributed by atoms with van der Waals surface area (Å²) in [5, 5.41) is 6.59. The number of aromatic nitrogens is 2. The van der Waals surface area contributed by atoms with Gasteiger partial charge in [0.1, 0.15) is 0 Å². The Kier molecular flexibility index (Phi) is 5.42. The molecular formula is C12H10F7N4O2. The largest absolute Gasteiger partial charge is 0.437 e. The van der Waals surface area contributed by atoms with Gasteiger partial charge < -0.3 is 9.47 Å². The van der Waals surface area contributed by atoms with E-state index in [2.05, 4.69) is 25.1 Å². The number of allylic oxidation sites excluding steroid dienone is 1. The van der Waals surface area contributed by atoms with Crippen molar-refractivity contribution in [1.29, 1.82) is 0 Å². The molecule has 2 heterocycles. The lowest BCUT2D eigenvalue weighted by molar-refractivity contribution is -0.0962. The maximum Gasteiger partial charge on any atom is 0.437 e. The fourth-order valence-electron chi connectivity index (χ4n) is 1.96. The molecule has 25 heavy (non-hydrogen) atoms. The maximum atomic E-state index is 13.1. The molecule has 1 aliphatic rings. The standard InChI is InChI=1S/C12H10F7N4O2/c1-2-3-5-4-6(24-10(13)14)23(22-5)7-8(12(17,18)19)20-21-9(7)25-11(15)16/h4,10-11H,2-3H2,1H3. The third-order valence-corrected chi connectivity index (χ3v) is 2.79. The van der Waals surface area contributed by atoms with E-state index in [9.17, 15) is 30.7 Å². The molecule has 2 rings (SSSR count). The fourth-order valence-corrected chi connectivity index (χ4v) is 1.96. The van der Waals surface area contributed by atoms with Crippen LogP contribution in [0.4, 0.5) is 30.7 Å². The molecule has 0 aliphatic carbocycles. The number of rotatable bonds is 6. The van der Waals surface area contributed by atoms with E-state index in [-0.39, 0.29) is 16.8 Å². The van der Waals surface area contributed by atoms with E-state index >= 15 is 0 Å². The number of hydrogen-bond acceptors (Lipinski definition) is 4. The van der Waals surface area contributed by atoms with Crippen molar-refractivity contribution in [3.63, 3.8) is 0 Å². The molecule has 1 aromatic rings. The molecule has 0 amide bonds. The quantitative estimate of drug-likeness (QED) is 0.717. The summed E-state index contributed by atoms with van der Waals surface area (Å²) < 4.78 is 97.3. The third-order valence-electron chi connectivity index (χ3n) is 2.79. The second-order valence-electron chi connectivity index (χ2n) is 4.59. The Bertz CT molecular complexity index is 681. The Hall–Kier alpha value is -2.47. The molecule has 0 atom stereocenters. The van der Waals surface area contributed by atoms with Crippen LogP contribution < -0.4 is 10.2 Å². The van der Waals surface area contributed by atoms with Gasteiger partial charge in [0.2, 0.25) is 5.88 Å². The zero-order valence-electron chi connectivity index (χ0n) is 12.4. The highest BCUT2D eigenvalue weighted by molar-refractivity contribution is 6.16.